The fourth-order valence-electron chi connectivity index (χ4n) is 4.25. The molecule has 0 fully saturated rings. The molecule has 2 aromatic carbocycles. The number of hydrogen-bond acceptors (Lipinski definition) is 2. The number of rotatable bonds is 12. The van der Waals surface area contributed by atoms with Crippen molar-refractivity contribution in [1.29, 1.82) is 0 Å². The van der Waals surface area contributed by atoms with Gasteiger partial charge < -0.3 is 9.84 Å². The summed E-state index contributed by atoms with van der Waals surface area (Å²) in [5.41, 5.74) is 5.67. The summed E-state index contributed by atoms with van der Waals surface area (Å²) in [6.07, 6.45) is 7.46. The zero-order valence-corrected chi connectivity index (χ0v) is 26.8. The van der Waals surface area contributed by atoms with Gasteiger partial charge in [-0.3, -0.25) is 0 Å². The Kier molecular flexibility index (Phi) is 12.7. The van der Waals surface area contributed by atoms with Crippen LogP contribution in [-0.2, 0) is 16.2 Å². The molecule has 0 aliphatic rings. The lowest BCUT2D eigenvalue weighted by Crippen LogP contribution is -2.21. The Balaban J connectivity index is 0.00000168. The molecular weight excluding hydrogens is 464 g/mol. The molecule has 0 saturated carbocycles. The first kappa shape index (κ1) is 33.8. The number of benzene rings is 2. The largest absolute Gasteiger partial charge is 0.507 e. The lowest BCUT2D eigenvalue weighted by molar-refractivity contribution is 0.357. The molecule has 0 aromatic heterocycles. The smallest absolute Gasteiger partial charge is 0.123 e. The summed E-state index contributed by atoms with van der Waals surface area (Å²) in [6.45, 7) is 31.1. The number of hydrogen-bond donors (Lipinski definition) is 1. The molecule has 1 N–H and O–H groups in total. The van der Waals surface area contributed by atoms with Crippen molar-refractivity contribution >= 4 is 0 Å². The molecule has 0 spiro atoms. The Labute approximate surface area is 235 Å². The Morgan fingerprint density at radius 3 is 1.74 bits per heavy atom. The van der Waals surface area contributed by atoms with Crippen molar-refractivity contribution in [3.8, 4) is 11.5 Å². The Bertz CT molecular complexity index is 1020. The SMILES string of the molecule is C=CCOc1ccc(C(C)(C)CC)cc1C(C)c1cc(C(C)(C)CC)cc(C(C)(C)CC)c1O.CCCC. The van der Waals surface area contributed by atoms with Gasteiger partial charge in [-0.1, -0.05) is 133 Å². The van der Waals surface area contributed by atoms with Crippen LogP contribution in [0, 0.1) is 0 Å². The highest BCUT2D eigenvalue weighted by molar-refractivity contribution is 5.55. The quantitative estimate of drug-likeness (QED) is 0.281. The summed E-state index contributed by atoms with van der Waals surface area (Å²) in [6, 6.07) is 11.0. The van der Waals surface area contributed by atoms with Crippen LogP contribution in [0.1, 0.15) is 149 Å². The molecule has 0 radical (unpaired) electrons. The zero-order chi connectivity index (χ0) is 29.3. The highest BCUT2D eigenvalue weighted by Crippen LogP contribution is 2.45. The van der Waals surface area contributed by atoms with Crippen LogP contribution in [0.5, 0.6) is 11.5 Å². The number of phenols is 1. The lowest BCUT2D eigenvalue weighted by atomic mass is 9.73. The Morgan fingerprint density at radius 2 is 1.26 bits per heavy atom. The molecule has 2 rings (SSSR count). The van der Waals surface area contributed by atoms with Crippen LogP contribution in [0.15, 0.2) is 43.0 Å². The van der Waals surface area contributed by atoms with Gasteiger partial charge in [-0.25, -0.2) is 0 Å². The van der Waals surface area contributed by atoms with Gasteiger partial charge in [0.05, 0.1) is 0 Å². The van der Waals surface area contributed by atoms with Crippen molar-refractivity contribution in [2.24, 2.45) is 0 Å². The van der Waals surface area contributed by atoms with Gasteiger partial charge in [0.1, 0.15) is 18.1 Å². The predicted octanol–water partition coefficient (Wildman–Crippen LogP) is 11.0. The van der Waals surface area contributed by atoms with Gasteiger partial charge in [0.2, 0.25) is 0 Å². The van der Waals surface area contributed by atoms with Gasteiger partial charge >= 0.3 is 0 Å². The molecule has 2 heteroatoms. The third-order valence-electron chi connectivity index (χ3n) is 8.88. The summed E-state index contributed by atoms with van der Waals surface area (Å²) >= 11 is 0. The van der Waals surface area contributed by atoms with Crippen molar-refractivity contribution in [2.75, 3.05) is 6.61 Å². The van der Waals surface area contributed by atoms with Crippen LogP contribution in [-0.4, -0.2) is 11.7 Å². The van der Waals surface area contributed by atoms with Crippen LogP contribution >= 0.6 is 0 Å². The van der Waals surface area contributed by atoms with E-state index in [4.69, 9.17) is 4.74 Å². The maximum Gasteiger partial charge on any atom is 0.123 e. The topological polar surface area (TPSA) is 29.5 Å². The lowest BCUT2D eigenvalue weighted by Gasteiger charge is -2.32. The summed E-state index contributed by atoms with van der Waals surface area (Å²) in [4.78, 5) is 0. The highest BCUT2D eigenvalue weighted by Gasteiger charge is 2.31. The van der Waals surface area contributed by atoms with E-state index in [1.54, 1.807) is 6.08 Å². The number of aromatic hydroxyl groups is 1. The van der Waals surface area contributed by atoms with Crippen molar-refractivity contribution in [1.82, 2.24) is 0 Å². The van der Waals surface area contributed by atoms with Gasteiger partial charge in [0.15, 0.2) is 0 Å². The minimum atomic E-state index is -0.118. The molecular formula is C36H58O2. The zero-order valence-electron chi connectivity index (χ0n) is 26.8. The number of unbranched alkanes of at least 4 members (excludes halogenated alkanes) is 1. The second kappa shape index (κ2) is 14.2. The van der Waals surface area contributed by atoms with E-state index in [0.717, 1.165) is 41.7 Å². The third-order valence-corrected chi connectivity index (χ3v) is 8.88. The van der Waals surface area contributed by atoms with Crippen molar-refractivity contribution < 1.29 is 9.84 Å². The van der Waals surface area contributed by atoms with E-state index in [0.29, 0.717) is 12.4 Å². The average Bonchev–Trinajstić information content (AvgIpc) is 2.91. The summed E-state index contributed by atoms with van der Waals surface area (Å²) in [7, 11) is 0. The van der Waals surface area contributed by atoms with Gasteiger partial charge in [-0.15, -0.1) is 0 Å². The molecule has 0 amide bonds. The average molecular weight is 523 g/mol. The minimum Gasteiger partial charge on any atom is -0.507 e. The van der Waals surface area contributed by atoms with E-state index >= 15 is 0 Å². The molecule has 0 heterocycles. The van der Waals surface area contributed by atoms with E-state index < -0.39 is 0 Å². The standard InChI is InChI=1S/C32H48O2.C4H10/c1-12-18-34-28-17-16-23(30(6,7)13-2)19-25(28)22(5)26-20-24(31(8,9)14-3)21-27(29(26)33)32(10,11)15-4;1-3-4-2/h12,16-17,19-22,33H,1,13-15,18H2,2-11H3;3-4H2,1-2H3. The molecule has 1 atom stereocenters. The molecule has 2 aromatic rings. The maximum atomic E-state index is 11.6. The van der Waals surface area contributed by atoms with Crippen molar-refractivity contribution in [2.45, 2.75) is 137 Å². The van der Waals surface area contributed by atoms with Crippen LogP contribution < -0.4 is 4.74 Å². The summed E-state index contributed by atoms with van der Waals surface area (Å²) < 4.78 is 6.11. The Morgan fingerprint density at radius 1 is 0.763 bits per heavy atom. The van der Waals surface area contributed by atoms with Gasteiger partial charge in [-0.2, -0.15) is 0 Å². The molecule has 0 aliphatic heterocycles. The van der Waals surface area contributed by atoms with E-state index in [1.165, 1.54) is 24.0 Å². The maximum absolute atomic E-state index is 11.6. The van der Waals surface area contributed by atoms with Crippen LogP contribution in [0.25, 0.3) is 0 Å². The first-order valence-corrected chi connectivity index (χ1v) is 14.9. The minimum absolute atomic E-state index is 0.0218. The monoisotopic (exact) mass is 522 g/mol. The normalized spacial score (nSPS) is 12.9. The fraction of sp³-hybridized carbons (Fsp3) is 0.611. The third kappa shape index (κ3) is 8.14. The van der Waals surface area contributed by atoms with E-state index in [9.17, 15) is 5.11 Å². The number of ether oxygens (including phenoxy) is 1. The molecule has 2 nitrogen and oxygen atoms in total. The fourth-order valence-corrected chi connectivity index (χ4v) is 4.25. The van der Waals surface area contributed by atoms with Crippen molar-refractivity contribution in [3.63, 3.8) is 0 Å². The van der Waals surface area contributed by atoms with Crippen LogP contribution in [0.2, 0.25) is 0 Å². The molecule has 1 unspecified atom stereocenters. The molecule has 0 saturated heterocycles. The summed E-state index contributed by atoms with van der Waals surface area (Å²) in [5.74, 6) is 1.26. The van der Waals surface area contributed by atoms with Crippen molar-refractivity contribution in [3.05, 3.63) is 70.8 Å². The summed E-state index contributed by atoms with van der Waals surface area (Å²) in [5, 5.41) is 11.6. The Hall–Kier alpha value is -2.22. The molecule has 214 valence electrons. The van der Waals surface area contributed by atoms with Gasteiger partial charge in [-0.05, 0) is 52.7 Å². The predicted molar refractivity (Wildman–Crippen MR) is 168 cm³/mol. The molecule has 0 aliphatic carbocycles. The second-order valence-corrected chi connectivity index (χ2v) is 12.7. The van der Waals surface area contributed by atoms with E-state index in [1.807, 2.05) is 0 Å². The van der Waals surface area contributed by atoms with Crippen LogP contribution in [0.3, 0.4) is 0 Å². The highest BCUT2D eigenvalue weighted by atomic mass is 16.5. The second-order valence-electron chi connectivity index (χ2n) is 12.7. The first-order valence-electron chi connectivity index (χ1n) is 14.9. The van der Waals surface area contributed by atoms with Gasteiger partial charge in [0, 0.05) is 22.6 Å². The molecule has 38 heavy (non-hydrogen) atoms. The molecule has 0 bridgehead atoms. The number of phenolic OH excluding ortho intramolecular Hbond substituents is 1. The van der Waals surface area contributed by atoms with Gasteiger partial charge in [0.25, 0.3) is 0 Å². The first-order chi connectivity index (χ1) is 17.7. The van der Waals surface area contributed by atoms with E-state index in [2.05, 4.69) is 120 Å². The van der Waals surface area contributed by atoms with E-state index in [-0.39, 0.29) is 22.2 Å². The van der Waals surface area contributed by atoms with Crippen LogP contribution in [0.4, 0.5) is 0 Å².